The fraction of sp³-hybridized carbons (Fsp3) is 0.880. The van der Waals surface area contributed by atoms with E-state index in [1.54, 1.807) is 0 Å². The van der Waals surface area contributed by atoms with Crippen LogP contribution in [0, 0.1) is 46.3 Å². The molecule has 0 aliphatic heterocycles. The largest absolute Gasteiger partial charge is 0.462 e. The molecule has 9 heteroatoms. The number of unbranched alkanes of at least 4 members (excludes halogenated alkanes) is 14. The van der Waals surface area contributed by atoms with Gasteiger partial charge in [0.05, 0.1) is 11.9 Å². The number of rotatable bonds is 28. The van der Waals surface area contributed by atoms with E-state index >= 15 is 0 Å². The standard InChI is InChI=1S/C50H87NO7S/c1-5-6-7-8-9-10-11-12-13-14-15-16-17-18-19-20-21-22-23-24-25-26-48(54)58-41-33-34-49(3)40(37-41)28-29-42-44-31-30-43(50(44,4)46(52)38-45(42)49)39(2)27-32-47(53)51-35-36-59(55,56)57/h11-12,14-15,39-46,52H,5-10,13,16-38H2,1-4H3,(H,51,53)(H,55,56,57)/b12-11-,15-14-. The Morgan fingerprint density at radius 1 is 0.780 bits per heavy atom. The van der Waals surface area contributed by atoms with Gasteiger partial charge >= 0.3 is 5.97 Å². The molecule has 3 N–H and O–H groups in total. The summed E-state index contributed by atoms with van der Waals surface area (Å²) >= 11 is 0. The van der Waals surface area contributed by atoms with Crippen LogP contribution >= 0.6 is 0 Å². The number of fused-ring (bicyclic) bond motifs is 5. The number of carbonyl (C=O) groups is 2. The quantitative estimate of drug-likeness (QED) is 0.0309. The van der Waals surface area contributed by atoms with Crippen LogP contribution in [0.25, 0.3) is 0 Å². The van der Waals surface area contributed by atoms with E-state index in [9.17, 15) is 23.1 Å². The van der Waals surface area contributed by atoms with E-state index in [0.717, 1.165) is 57.8 Å². The smallest absolute Gasteiger partial charge is 0.306 e. The first-order valence-corrected chi connectivity index (χ1v) is 26.3. The van der Waals surface area contributed by atoms with E-state index < -0.39 is 15.9 Å². The highest BCUT2D eigenvalue weighted by molar-refractivity contribution is 7.85. The minimum Gasteiger partial charge on any atom is -0.462 e. The molecule has 0 aromatic heterocycles. The van der Waals surface area contributed by atoms with Crippen LogP contribution in [0.15, 0.2) is 24.3 Å². The summed E-state index contributed by atoms with van der Waals surface area (Å²) in [6, 6.07) is 0. The molecule has 59 heavy (non-hydrogen) atoms. The Labute approximate surface area is 361 Å². The molecule has 0 bridgehead atoms. The second-order valence-electron chi connectivity index (χ2n) is 20.1. The molecule has 0 spiro atoms. The summed E-state index contributed by atoms with van der Waals surface area (Å²) in [6.45, 7) is 9.20. The fourth-order valence-corrected chi connectivity index (χ4v) is 13.0. The van der Waals surface area contributed by atoms with Crippen LogP contribution in [0.1, 0.15) is 207 Å². The summed E-state index contributed by atoms with van der Waals surface area (Å²) in [5.41, 5.74) is -0.000791. The third-order valence-corrected chi connectivity index (χ3v) is 16.8. The summed E-state index contributed by atoms with van der Waals surface area (Å²) in [5.74, 6) is 2.02. The van der Waals surface area contributed by atoms with Crippen LogP contribution in [0.4, 0.5) is 0 Å². The highest BCUT2D eigenvalue weighted by atomic mass is 32.2. The molecule has 340 valence electrons. The van der Waals surface area contributed by atoms with Crippen molar-refractivity contribution in [3.8, 4) is 0 Å². The fourth-order valence-electron chi connectivity index (χ4n) is 12.6. The van der Waals surface area contributed by atoms with E-state index in [1.165, 1.54) is 103 Å². The lowest BCUT2D eigenvalue weighted by Crippen LogP contribution is -2.59. The zero-order valence-electron chi connectivity index (χ0n) is 38.0. The third-order valence-electron chi connectivity index (χ3n) is 16.1. The zero-order chi connectivity index (χ0) is 42.7. The number of esters is 1. The minimum atomic E-state index is -4.10. The van der Waals surface area contributed by atoms with Crippen molar-refractivity contribution in [1.82, 2.24) is 5.32 Å². The summed E-state index contributed by atoms with van der Waals surface area (Å²) in [7, 11) is -4.10. The molecule has 4 aliphatic carbocycles. The molecule has 8 nitrogen and oxygen atoms in total. The first kappa shape index (κ1) is 49.9. The van der Waals surface area contributed by atoms with Crippen LogP contribution in [0.5, 0.6) is 0 Å². The minimum absolute atomic E-state index is 0.0132. The zero-order valence-corrected chi connectivity index (χ0v) is 38.8. The first-order chi connectivity index (χ1) is 28.3. The van der Waals surface area contributed by atoms with Crippen molar-refractivity contribution < 1.29 is 32.4 Å². The lowest BCUT2D eigenvalue weighted by Gasteiger charge is -2.62. The maximum atomic E-state index is 12.9. The molecule has 0 saturated heterocycles. The van der Waals surface area contributed by atoms with Gasteiger partial charge in [0.15, 0.2) is 0 Å². The number of aliphatic hydroxyl groups excluding tert-OH is 1. The van der Waals surface area contributed by atoms with Crippen LogP contribution in [-0.2, 0) is 24.4 Å². The van der Waals surface area contributed by atoms with Crippen LogP contribution in [-0.4, -0.2) is 54.5 Å². The number of carbonyl (C=O) groups excluding carboxylic acids is 2. The van der Waals surface area contributed by atoms with Gasteiger partial charge in [0.1, 0.15) is 6.10 Å². The molecule has 10 unspecified atom stereocenters. The van der Waals surface area contributed by atoms with E-state index in [4.69, 9.17) is 9.29 Å². The van der Waals surface area contributed by atoms with Crippen molar-refractivity contribution in [2.24, 2.45) is 46.3 Å². The normalized spacial score (nSPS) is 31.2. The molecule has 10 atom stereocenters. The Morgan fingerprint density at radius 3 is 2.05 bits per heavy atom. The Bertz CT molecular complexity index is 1410. The van der Waals surface area contributed by atoms with Gasteiger partial charge in [-0.15, -0.1) is 0 Å². The van der Waals surface area contributed by atoms with Gasteiger partial charge < -0.3 is 15.2 Å². The monoisotopic (exact) mass is 846 g/mol. The first-order valence-electron chi connectivity index (χ1n) is 24.7. The van der Waals surface area contributed by atoms with Crippen molar-refractivity contribution >= 4 is 22.0 Å². The predicted octanol–water partition coefficient (Wildman–Crippen LogP) is 12.1. The Hall–Kier alpha value is -1.71. The van der Waals surface area contributed by atoms with Gasteiger partial charge in [-0.3, -0.25) is 14.1 Å². The highest BCUT2D eigenvalue weighted by Crippen LogP contribution is 2.68. The lowest BCUT2D eigenvalue weighted by atomic mass is 9.43. The molecular weight excluding hydrogens is 759 g/mol. The average molecular weight is 846 g/mol. The number of nitrogens with one attached hydrogen (secondary N) is 1. The Kier molecular flexibility index (Phi) is 21.5. The molecule has 0 heterocycles. The second kappa shape index (κ2) is 25.4. The molecular formula is C50H87NO7S. The maximum Gasteiger partial charge on any atom is 0.306 e. The van der Waals surface area contributed by atoms with Crippen LogP contribution in [0.2, 0.25) is 0 Å². The number of amides is 1. The molecule has 4 rings (SSSR count). The molecule has 4 fully saturated rings. The number of allylic oxidation sites excluding steroid dienone is 4. The van der Waals surface area contributed by atoms with Crippen LogP contribution < -0.4 is 5.32 Å². The van der Waals surface area contributed by atoms with E-state index in [2.05, 4.69) is 57.3 Å². The van der Waals surface area contributed by atoms with Crippen molar-refractivity contribution in [2.75, 3.05) is 12.3 Å². The third kappa shape index (κ3) is 15.6. The van der Waals surface area contributed by atoms with Crippen molar-refractivity contribution in [2.45, 2.75) is 220 Å². The molecule has 0 radical (unpaired) electrons. The second-order valence-corrected chi connectivity index (χ2v) is 21.7. The molecule has 0 aromatic rings. The highest BCUT2D eigenvalue weighted by Gasteiger charge is 2.63. The Balaban J connectivity index is 1.05. The predicted molar refractivity (Wildman–Crippen MR) is 241 cm³/mol. The summed E-state index contributed by atoms with van der Waals surface area (Å²) in [6.07, 6.45) is 40.3. The summed E-state index contributed by atoms with van der Waals surface area (Å²) < 4.78 is 37.1. The number of hydrogen-bond acceptors (Lipinski definition) is 6. The van der Waals surface area contributed by atoms with Gasteiger partial charge in [0.2, 0.25) is 5.91 Å². The summed E-state index contributed by atoms with van der Waals surface area (Å²) in [4.78, 5) is 25.3. The van der Waals surface area contributed by atoms with Gasteiger partial charge in [-0.1, -0.05) is 123 Å². The topological polar surface area (TPSA) is 130 Å². The van der Waals surface area contributed by atoms with Gasteiger partial charge in [0.25, 0.3) is 10.1 Å². The number of aliphatic hydroxyl groups is 1. The molecule has 4 aliphatic rings. The molecule has 1 amide bonds. The molecule has 4 saturated carbocycles. The maximum absolute atomic E-state index is 12.9. The number of hydrogen-bond donors (Lipinski definition) is 3. The van der Waals surface area contributed by atoms with E-state index in [0.29, 0.717) is 48.9 Å². The Morgan fingerprint density at radius 2 is 1.41 bits per heavy atom. The molecule has 0 aromatic carbocycles. The number of ether oxygens (including phenoxy) is 1. The van der Waals surface area contributed by atoms with E-state index in [1.807, 2.05) is 0 Å². The van der Waals surface area contributed by atoms with Crippen molar-refractivity contribution in [3.05, 3.63) is 24.3 Å². The average Bonchev–Trinajstić information content (AvgIpc) is 3.56. The summed E-state index contributed by atoms with van der Waals surface area (Å²) in [5, 5.41) is 14.6. The van der Waals surface area contributed by atoms with Crippen molar-refractivity contribution in [1.29, 1.82) is 0 Å². The van der Waals surface area contributed by atoms with Gasteiger partial charge in [0, 0.05) is 19.4 Å². The SMILES string of the molecule is CCCCCCC/C=C\C/C=C\CCCCCCCCCCCC(=O)OC1CCC2(C)C(CCC3C2CC(O)C2(C)C(C(C)CCC(=O)NCCS(=O)(=O)O)CCC32)C1. The van der Waals surface area contributed by atoms with Gasteiger partial charge in [-0.2, -0.15) is 8.42 Å². The van der Waals surface area contributed by atoms with Gasteiger partial charge in [-0.25, -0.2) is 0 Å². The van der Waals surface area contributed by atoms with E-state index in [-0.39, 0.29) is 47.4 Å². The van der Waals surface area contributed by atoms with Crippen LogP contribution in [0.3, 0.4) is 0 Å². The van der Waals surface area contributed by atoms with Crippen molar-refractivity contribution in [3.63, 3.8) is 0 Å². The lowest BCUT2D eigenvalue weighted by molar-refractivity contribution is -0.181. The van der Waals surface area contributed by atoms with Gasteiger partial charge in [-0.05, 0) is 143 Å².